The summed E-state index contributed by atoms with van der Waals surface area (Å²) in [6, 6.07) is 14.6. The van der Waals surface area contributed by atoms with Crippen LogP contribution < -0.4 is 5.48 Å². The molecule has 1 N–H and O–H groups in total. The van der Waals surface area contributed by atoms with Gasteiger partial charge < -0.3 is 9.57 Å². The maximum Gasteiger partial charge on any atom is 0.533 e. The summed E-state index contributed by atoms with van der Waals surface area (Å²) in [6.45, 7) is 1.78. The van der Waals surface area contributed by atoms with Gasteiger partial charge in [0.05, 0.1) is 0 Å². The Morgan fingerprint density at radius 1 is 1.16 bits per heavy atom. The number of carbonyl (C=O) groups is 1. The summed E-state index contributed by atoms with van der Waals surface area (Å²) in [4.78, 5) is 20.2. The van der Waals surface area contributed by atoms with Gasteiger partial charge >= 0.3 is 6.16 Å². The molecular formula is C14H14N2O3. The topological polar surface area (TPSA) is 60.5 Å². The van der Waals surface area contributed by atoms with E-state index in [0.717, 1.165) is 5.56 Å². The summed E-state index contributed by atoms with van der Waals surface area (Å²) in [7, 11) is 0. The molecule has 0 bridgehead atoms. The fraction of sp³-hybridized carbons (Fsp3) is 0.143. The number of ether oxygens (including phenoxy) is 1. The van der Waals surface area contributed by atoms with Crippen LogP contribution in [0.1, 0.15) is 18.6 Å². The van der Waals surface area contributed by atoms with Gasteiger partial charge in [-0.25, -0.2) is 9.78 Å². The Morgan fingerprint density at radius 3 is 2.58 bits per heavy atom. The zero-order chi connectivity index (χ0) is 13.5. The molecule has 1 aromatic carbocycles. The lowest BCUT2D eigenvalue weighted by atomic mass is 10.1. The first-order valence-corrected chi connectivity index (χ1v) is 5.85. The van der Waals surface area contributed by atoms with Crippen molar-refractivity contribution < 1.29 is 14.4 Å². The van der Waals surface area contributed by atoms with Crippen LogP contribution >= 0.6 is 0 Å². The molecule has 0 fully saturated rings. The maximum atomic E-state index is 11.5. The van der Waals surface area contributed by atoms with E-state index < -0.39 is 6.16 Å². The van der Waals surface area contributed by atoms with Crippen molar-refractivity contribution in [2.45, 2.75) is 13.0 Å². The van der Waals surface area contributed by atoms with E-state index in [-0.39, 0.29) is 6.10 Å². The van der Waals surface area contributed by atoms with Gasteiger partial charge in [-0.1, -0.05) is 36.4 Å². The Morgan fingerprint density at radius 2 is 1.89 bits per heavy atom. The van der Waals surface area contributed by atoms with Gasteiger partial charge in [0.1, 0.15) is 6.10 Å². The molecule has 1 heterocycles. The quantitative estimate of drug-likeness (QED) is 0.673. The van der Waals surface area contributed by atoms with E-state index in [2.05, 4.69) is 10.5 Å². The van der Waals surface area contributed by atoms with Crippen LogP contribution in [0.25, 0.3) is 0 Å². The number of rotatable bonds is 4. The van der Waals surface area contributed by atoms with Crippen molar-refractivity contribution in [1.29, 1.82) is 0 Å². The summed E-state index contributed by atoms with van der Waals surface area (Å²) in [6.07, 6.45) is 0.408. The second-order valence-electron chi connectivity index (χ2n) is 3.84. The molecular weight excluding hydrogens is 244 g/mol. The van der Waals surface area contributed by atoms with Gasteiger partial charge in [-0.3, -0.25) is 0 Å². The largest absolute Gasteiger partial charge is 0.533 e. The number of aromatic nitrogens is 1. The lowest BCUT2D eigenvalue weighted by molar-refractivity contribution is 0.0421. The highest BCUT2D eigenvalue weighted by Crippen LogP contribution is 2.16. The van der Waals surface area contributed by atoms with Crippen molar-refractivity contribution in [2.75, 3.05) is 5.48 Å². The molecule has 1 unspecified atom stereocenters. The smallest absolute Gasteiger partial charge is 0.425 e. The molecule has 1 aromatic heterocycles. The van der Waals surface area contributed by atoms with E-state index in [9.17, 15) is 4.79 Å². The van der Waals surface area contributed by atoms with Crippen LogP contribution in [0.15, 0.2) is 54.7 Å². The minimum absolute atomic E-state index is 0.376. The van der Waals surface area contributed by atoms with Crippen molar-refractivity contribution in [3.63, 3.8) is 0 Å². The number of anilines is 1. The molecule has 0 aliphatic carbocycles. The highest BCUT2D eigenvalue weighted by molar-refractivity contribution is 5.61. The zero-order valence-corrected chi connectivity index (χ0v) is 10.4. The zero-order valence-electron chi connectivity index (χ0n) is 10.4. The molecule has 1 atom stereocenters. The van der Waals surface area contributed by atoms with E-state index in [1.54, 1.807) is 31.3 Å². The van der Waals surface area contributed by atoms with Crippen molar-refractivity contribution in [3.8, 4) is 0 Å². The molecule has 5 nitrogen and oxygen atoms in total. The fourth-order valence-corrected chi connectivity index (χ4v) is 1.48. The van der Waals surface area contributed by atoms with E-state index >= 15 is 0 Å². The summed E-state index contributed by atoms with van der Waals surface area (Å²) in [5.41, 5.74) is 3.32. The highest BCUT2D eigenvalue weighted by Gasteiger charge is 2.12. The Hall–Kier alpha value is -2.56. The third-order valence-corrected chi connectivity index (χ3v) is 2.45. The Kier molecular flexibility index (Phi) is 4.34. The predicted molar refractivity (Wildman–Crippen MR) is 70.3 cm³/mol. The third kappa shape index (κ3) is 3.99. The second-order valence-corrected chi connectivity index (χ2v) is 3.84. The molecule has 0 radical (unpaired) electrons. The average molecular weight is 258 g/mol. The number of carbonyl (C=O) groups excluding carboxylic acids is 1. The van der Waals surface area contributed by atoms with Crippen LogP contribution in [0.3, 0.4) is 0 Å². The molecule has 0 aliphatic heterocycles. The van der Waals surface area contributed by atoms with E-state index in [1.165, 1.54) is 0 Å². The summed E-state index contributed by atoms with van der Waals surface area (Å²) in [5, 5.41) is 0. The third-order valence-electron chi connectivity index (χ3n) is 2.45. The van der Waals surface area contributed by atoms with Crippen LogP contribution in [-0.2, 0) is 9.57 Å². The van der Waals surface area contributed by atoms with Crippen LogP contribution in [0.5, 0.6) is 0 Å². The molecule has 2 aromatic rings. The normalized spacial score (nSPS) is 11.4. The van der Waals surface area contributed by atoms with Gasteiger partial charge in [-0.15, -0.1) is 0 Å². The molecule has 0 amide bonds. The summed E-state index contributed by atoms with van der Waals surface area (Å²) >= 11 is 0. The first-order valence-electron chi connectivity index (χ1n) is 5.85. The first-order chi connectivity index (χ1) is 9.25. The minimum Gasteiger partial charge on any atom is -0.425 e. The maximum absolute atomic E-state index is 11.5. The molecule has 0 saturated carbocycles. The van der Waals surface area contributed by atoms with Gasteiger partial charge in [0.15, 0.2) is 5.82 Å². The number of nitrogens with one attached hydrogen (secondary N) is 1. The molecule has 98 valence electrons. The second kappa shape index (κ2) is 6.39. The van der Waals surface area contributed by atoms with Crippen molar-refractivity contribution in [2.24, 2.45) is 0 Å². The number of pyridine rings is 1. The summed E-state index contributed by atoms with van der Waals surface area (Å²) in [5.74, 6) is 0.437. The van der Waals surface area contributed by atoms with Crippen LogP contribution in [0.2, 0.25) is 0 Å². The predicted octanol–water partition coefficient (Wildman–Crippen LogP) is 3.32. The molecule has 19 heavy (non-hydrogen) atoms. The molecule has 2 rings (SSSR count). The average Bonchev–Trinajstić information content (AvgIpc) is 2.47. The SMILES string of the molecule is CC(OC(=O)ONc1ccccn1)c1ccccc1. The fourth-order valence-electron chi connectivity index (χ4n) is 1.48. The van der Waals surface area contributed by atoms with Crippen LogP contribution in [-0.4, -0.2) is 11.1 Å². The lowest BCUT2D eigenvalue weighted by Crippen LogP contribution is -2.15. The Bertz CT molecular complexity index is 517. The summed E-state index contributed by atoms with van der Waals surface area (Å²) < 4.78 is 5.11. The van der Waals surface area contributed by atoms with Crippen LogP contribution in [0.4, 0.5) is 10.6 Å². The number of hydrogen-bond donors (Lipinski definition) is 1. The van der Waals surface area contributed by atoms with Gasteiger partial charge in [0.2, 0.25) is 0 Å². The molecule has 0 spiro atoms. The van der Waals surface area contributed by atoms with Crippen LogP contribution in [0, 0.1) is 0 Å². The van der Waals surface area contributed by atoms with Gasteiger partial charge in [-0.05, 0) is 24.6 Å². The van der Waals surface area contributed by atoms with Crippen molar-refractivity contribution >= 4 is 12.0 Å². The number of hydrogen-bond acceptors (Lipinski definition) is 5. The molecule has 0 aliphatic rings. The Balaban J connectivity index is 1.82. The first kappa shape index (κ1) is 12.9. The van der Waals surface area contributed by atoms with Crippen molar-refractivity contribution in [3.05, 3.63) is 60.3 Å². The van der Waals surface area contributed by atoms with Crippen molar-refractivity contribution in [1.82, 2.24) is 4.98 Å². The minimum atomic E-state index is -0.804. The number of benzene rings is 1. The van der Waals surface area contributed by atoms with Gasteiger partial charge in [0.25, 0.3) is 0 Å². The Labute approximate surface area is 111 Å². The number of nitrogens with zero attached hydrogens (tertiary/aromatic N) is 1. The molecule has 0 saturated heterocycles. The standard InChI is InChI=1S/C14H14N2O3/c1-11(12-7-3-2-4-8-12)18-14(17)19-16-13-9-5-6-10-15-13/h2-11H,1H3,(H,15,16). The monoisotopic (exact) mass is 258 g/mol. The van der Waals surface area contributed by atoms with E-state index in [1.807, 2.05) is 30.3 Å². The van der Waals surface area contributed by atoms with Gasteiger partial charge in [0, 0.05) is 6.20 Å². The highest BCUT2D eigenvalue weighted by atomic mass is 16.8. The van der Waals surface area contributed by atoms with E-state index in [0.29, 0.717) is 5.82 Å². The van der Waals surface area contributed by atoms with Gasteiger partial charge in [-0.2, -0.15) is 5.48 Å². The molecule has 5 heteroatoms. The van der Waals surface area contributed by atoms with E-state index in [4.69, 9.17) is 9.57 Å². The lowest BCUT2D eigenvalue weighted by Gasteiger charge is -2.13.